The van der Waals surface area contributed by atoms with Crippen LogP contribution >= 0.6 is 11.3 Å². The topological polar surface area (TPSA) is 83.6 Å². The van der Waals surface area contributed by atoms with Gasteiger partial charge < -0.3 is 14.4 Å². The fourth-order valence-electron chi connectivity index (χ4n) is 1.82. The molecule has 0 saturated heterocycles. The molecule has 2 rings (SSSR count). The van der Waals surface area contributed by atoms with E-state index in [1.54, 1.807) is 25.3 Å². The molecule has 0 saturated carbocycles. The fraction of sp³-hybridized carbons (Fsp3) is 0.357. The maximum Gasteiger partial charge on any atom is 0.323 e. The van der Waals surface area contributed by atoms with Crippen LogP contribution in [-0.4, -0.2) is 39.5 Å². The Labute approximate surface area is 126 Å². The van der Waals surface area contributed by atoms with Crippen molar-refractivity contribution in [2.75, 3.05) is 6.54 Å². The first-order valence-corrected chi connectivity index (χ1v) is 7.31. The molecule has 2 aromatic heterocycles. The molecular formula is C14H16N2O4S. The molecular weight excluding hydrogens is 292 g/mol. The second-order valence-corrected chi connectivity index (χ2v) is 5.73. The van der Waals surface area contributed by atoms with Crippen LogP contribution in [0.3, 0.4) is 0 Å². The number of amides is 1. The van der Waals surface area contributed by atoms with Gasteiger partial charge in [-0.15, -0.1) is 11.3 Å². The molecule has 0 aromatic carbocycles. The largest absolute Gasteiger partial charge is 0.480 e. The first kappa shape index (κ1) is 15.2. The number of aliphatic carboxylic acids is 1. The molecule has 2 heterocycles. The minimum atomic E-state index is -1.05. The minimum Gasteiger partial charge on any atom is -0.480 e. The van der Waals surface area contributed by atoms with Crippen molar-refractivity contribution in [3.8, 4) is 10.8 Å². The first-order chi connectivity index (χ1) is 9.88. The quantitative estimate of drug-likeness (QED) is 0.918. The van der Waals surface area contributed by atoms with Crippen molar-refractivity contribution in [3.05, 3.63) is 29.0 Å². The van der Waals surface area contributed by atoms with Crippen LogP contribution in [-0.2, 0) is 4.79 Å². The summed E-state index contributed by atoms with van der Waals surface area (Å²) in [6.07, 6.45) is 0. The van der Waals surface area contributed by atoms with Crippen molar-refractivity contribution in [2.24, 2.45) is 0 Å². The van der Waals surface area contributed by atoms with E-state index < -0.39 is 11.9 Å². The van der Waals surface area contributed by atoms with Gasteiger partial charge in [0.25, 0.3) is 5.91 Å². The molecule has 0 aliphatic heterocycles. The molecule has 21 heavy (non-hydrogen) atoms. The summed E-state index contributed by atoms with van der Waals surface area (Å²) in [5, 5.41) is 11.1. The van der Waals surface area contributed by atoms with E-state index >= 15 is 0 Å². The SMILES string of the molecule is Cc1ccc(-c2nc(C(=O)N(CC(=O)O)C(C)C)cs2)o1. The van der Waals surface area contributed by atoms with Gasteiger partial charge in [-0.25, -0.2) is 4.98 Å². The van der Waals surface area contributed by atoms with E-state index in [9.17, 15) is 9.59 Å². The summed E-state index contributed by atoms with van der Waals surface area (Å²) < 4.78 is 5.46. The summed E-state index contributed by atoms with van der Waals surface area (Å²) in [5.41, 5.74) is 0.235. The average molecular weight is 308 g/mol. The average Bonchev–Trinajstić information content (AvgIpc) is 3.03. The number of aryl methyl sites for hydroxylation is 1. The maximum atomic E-state index is 12.3. The van der Waals surface area contributed by atoms with Crippen LogP contribution in [0.5, 0.6) is 0 Å². The Bertz CT molecular complexity index is 659. The normalized spacial score (nSPS) is 10.9. The van der Waals surface area contributed by atoms with Gasteiger partial charge in [0.2, 0.25) is 0 Å². The Hall–Kier alpha value is -2.15. The Morgan fingerprint density at radius 2 is 2.14 bits per heavy atom. The molecule has 0 radical (unpaired) electrons. The van der Waals surface area contributed by atoms with Gasteiger partial charge >= 0.3 is 5.97 Å². The summed E-state index contributed by atoms with van der Waals surface area (Å²) in [6, 6.07) is 3.40. The van der Waals surface area contributed by atoms with E-state index in [2.05, 4.69) is 4.98 Å². The number of nitrogens with zero attached hydrogens (tertiary/aromatic N) is 2. The molecule has 7 heteroatoms. The van der Waals surface area contributed by atoms with Crippen LogP contribution in [0.1, 0.15) is 30.1 Å². The second-order valence-electron chi connectivity index (χ2n) is 4.87. The zero-order chi connectivity index (χ0) is 15.6. The van der Waals surface area contributed by atoms with Gasteiger partial charge in [0.05, 0.1) is 0 Å². The third kappa shape index (κ3) is 3.49. The van der Waals surface area contributed by atoms with Crippen molar-refractivity contribution < 1.29 is 19.1 Å². The van der Waals surface area contributed by atoms with E-state index in [1.165, 1.54) is 16.2 Å². The van der Waals surface area contributed by atoms with Crippen molar-refractivity contribution in [1.29, 1.82) is 0 Å². The predicted octanol–water partition coefficient (Wildman–Crippen LogP) is 2.65. The van der Waals surface area contributed by atoms with Gasteiger partial charge in [0.1, 0.15) is 18.0 Å². The van der Waals surface area contributed by atoms with E-state index in [0.29, 0.717) is 10.8 Å². The summed E-state index contributed by atoms with van der Waals surface area (Å²) in [6.45, 7) is 5.02. The second kappa shape index (κ2) is 6.09. The van der Waals surface area contributed by atoms with Gasteiger partial charge in [-0.2, -0.15) is 0 Å². The number of carbonyl (C=O) groups is 2. The number of rotatable bonds is 5. The summed E-state index contributed by atoms with van der Waals surface area (Å²) in [4.78, 5) is 28.7. The molecule has 0 spiro atoms. The van der Waals surface area contributed by atoms with Gasteiger partial charge in [0.15, 0.2) is 10.8 Å². The highest BCUT2D eigenvalue weighted by molar-refractivity contribution is 7.13. The Kier molecular flexibility index (Phi) is 4.42. The van der Waals surface area contributed by atoms with E-state index in [0.717, 1.165) is 5.76 Å². The third-order valence-corrected chi connectivity index (χ3v) is 3.72. The molecule has 0 fully saturated rings. The van der Waals surface area contributed by atoms with Gasteiger partial charge in [-0.05, 0) is 32.9 Å². The summed E-state index contributed by atoms with van der Waals surface area (Å²) in [7, 11) is 0. The Morgan fingerprint density at radius 1 is 1.43 bits per heavy atom. The predicted molar refractivity (Wildman–Crippen MR) is 78.4 cm³/mol. The Balaban J connectivity index is 2.23. The van der Waals surface area contributed by atoms with Crippen molar-refractivity contribution in [1.82, 2.24) is 9.88 Å². The van der Waals surface area contributed by atoms with Crippen LogP contribution in [0.4, 0.5) is 0 Å². The summed E-state index contributed by atoms with van der Waals surface area (Å²) >= 11 is 1.29. The van der Waals surface area contributed by atoms with Crippen molar-refractivity contribution in [2.45, 2.75) is 26.8 Å². The molecule has 0 atom stereocenters. The lowest BCUT2D eigenvalue weighted by Gasteiger charge is -2.23. The highest BCUT2D eigenvalue weighted by Gasteiger charge is 2.24. The molecule has 0 bridgehead atoms. The molecule has 0 unspecified atom stereocenters. The van der Waals surface area contributed by atoms with Crippen LogP contribution in [0.2, 0.25) is 0 Å². The fourth-order valence-corrected chi connectivity index (χ4v) is 2.57. The molecule has 0 aliphatic rings. The van der Waals surface area contributed by atoms with Crippen LogP contribution in [0.15, 0.2) is 21.9 Å². The maximum absolute atomic E-state index is 12.3. The number of thiazole rings is 1. The minimum absolute atomic E-state index is 0.218. The van der Waals surface area contributed by atoms with Crippen LogP contribution in [0, 0.1) is 6.92 Å². The molecule has 112 valence electrons. The van der Waals surface area contributed by atoms with E-state index in [4.69, 9.17) is 9.52 Å². The highest BCUT2D eigenvalue weighted by Crippen LogP contribution is 2.26. The number of carboxylic acids is 1. The lowest BCUT2D eigenvalue weighted by molar-refractivity contribution is -0.138. The highest BCUT2D eigenvalue weighted by atomic mass is 32.1. The third-order valence-electron chi connectivity index (χ3n) is 2.86. The van der Waals surface area contributed by atoms with Crippen molar-refractivity contribution in [3.63, 3.8) is 0 Å². The van der Waals surface area contributed by atoms with Crippen LogP contribution in [0.25, 0.3) is 10.8 Å². The van der Waals surface area contributed by atoms with Gasteiger partial charge in [-0.3, -0.25) is 9.59 Å². The van der Waals surface area contributed by atoms with Gasteiger partial charge in [-0.1, -0.05) is 0 Å². The molecule has 6 nitrogen and oxygen atoms in total. The number of hydrogen-bond acceptors (Lipinski definition) is 5. The lowest BCUT2D eigenvalue weighted by Crippen LogP contribution is -2.40. The van der Waals surface area contributed by atoms with E-state index in [1.807, 2.05) is 13.0 Å². The Morgan fingerprint density at radius 3 is 2.67 bits per heavy atom. The lowest BCUT2D eigenvalue weighted by atomic mass is 10.3. The molecule has 2 aromatic rings. The molecule has 0 aliphatic carbocycles. The number of furan rings is 1. The summed E-state index contributed by atoms with van der Waals surface area (Å²) in [5.74, 6) is -0.0685. The monoisotopic (exact) mass is 308 g/mol. The number of aromatic nitrogens is 1. The number of hydrogen-bond donors (Lipinski definition) is 1. The van der Waals surface area contributed by atoms with E-state index in [-0.39, 0.29) is 18.3 Å². The van der Waals surface area contributed by atoms with Crippen LogP contribution < -0.4 is 0 Å². The van der Waals surface area contributed by atoms with Crippen molar-refractivity contribution >= 4 is 23.2 Å². The molecule has 1 N–H and O–H groups in total. The number of carbonyl (C=O) groups excluding carboxylic acids is 1. The standard InChI is InChI=1S/C14H16N2O4S/c1-8(2)16(6-12(17)18)14(19)10-7-21-13(15-10)11-5-4-9(3)20-11/h4-5,7-8H,6H2,1-3H3,(H,17,18). The molecule has 1 amide bonds. The zero-order valence-electron chi connectivity index (χ0n) is 12.0. The number of carboxylic acid groups (broad SMARTS) is 1. The van der Waals surface area contributed by atoms with Gasteiger partial charge in [0, 0.05) is 11.4 Å². The zero-order valence-corrected chi connectivity index (χ0v) is 12.8. The first-order valence-electron chi connectivity index (χ1n) is 6.43. The smallest absolute Gasteiger partial charge is 0.323 e.